The van der Waals surface area contributed by atoms with Crippen LogP contribution < -0.4 is 5.32 Å². The van der Waals surface area contributed by atoms with Crippen molar-refractivity contribution in [2.75, 3.05) is 26.2 Å². The van der Waals surface area contributed by atoms with Crippen LogP contribution in [0.1, 0.15) is 43.7 Å². The molecule has 0 spiro atoms. The van der Waals surface area contributed by atoms with E-state index in [-0.39, 0.29) is 0 Å². The van der Waals surface area contributed by atoms with E-state index in [0.29, 0.717) is 0 Å². The molecule has 2 rings (SSSR count). The molecule has 1 heterocycles. The van der Waals surface area contributed by atoms with E-state index in [0.717, 1.165) is 19.5 Å². The molecule has 0 saturated carbocycles. The zero-order chi connectivity index (χ0) is 13.3. The first-order valence-corrected chi connectivity index (χ1v) is 7.90. The van der Waals surface area contributed by atoms with Gasteiger partial charge in [-0.1, -0.05) is 37.6 Å². The maximum atomic E-state index is 3.59. The van der Waals surface area contributed by atoms with Crippen LogP contribution in [-0.2, 0) is 13.0 Å². The molecule has 0 amide bonds. The molecule has 1 aromatic carbocycles. The van der Waals surface area contributed by atoms with Gasteiger partial charge in [0.2, 0.25) is 0 Å². The molecule has 0 aliphatic carbocycles. The first-order valence-electron chi connectivity index (χ1n) is 7.90. The Balaban J connectivity index is 1.61. The third-order valence-electron chi connectivity index (χ3n) is 4.09. The summed E-state index contributed by atoms with van der Waals surface area (Å²) in [6.45, 7) is 8.29. The average Bonchev–Trinajstić information content (AvgIpc) is 2.48. The van der Waals surface area contributed by atoms with Gasteiger partial charge in [0.25, 0.3) is 0 Å². The maximum absolute atomic E-state index is 3.59. The Hall–Kier alpha value is -0.860. The summed E-state index contributed by atoms with van der Waals surface area (Å²) in [6, 6.07) is 8.77. The summed E-state index contributed by atoms with van der Waals surface area (Å²) in [4.78, 5) is 2.62. The van der Waals surface area contributed by atoms with E-state index in [1.807, 2.05) is 0 Å². The molecule has 0 aromatic heterocycles. The maximum Gasteiger partial charge on any atom is 0.0208 e. The van der Waals surface area contributed by atoms with Crippen LogP contribution >= 0.6 is 0 Å². The second-order valence-electron chi connectivity index (χ2n) is 5.55. The molecule has 106 valence electrons. The number of piperidine rings is 1. The van der Waals surface area contributed by atoms with Crippen molar-refractivity contribution in [2.45, 2.75) is 45.6 Å². The van der Waals surface area contributed by atoms with Crippen molar-refractivity contribution in [3.63, 3.8) is 0 Å². The van der Waals surface area contributed by atoms with Crippen LogP contribution in [-0.4, -0.2) is 31.1 Å². The van der Waals surface area contributed by atoms with Gasteiger partial charge in [0.05, 0.1) is 0 Å². The van der Waals surface area contributed by atoms with Crippen molar-refractivity contribution < 1.29 is 0 Å². The van der Waals surface area contributed by atoms with Gasteiger partial charge in [0.15, 0.2) is 0 Å². The topological polar surface area (TPSA) is 15.3 Å². The van der Waals surface area contributed by atoms with Crippen molar-refractivity contribution in [1.29, 1.82) is 0 Å². The van der Waals surface area contributed by atoms with Crippen molar-refractivity contribution >= 4 is 0 Å². The minimum atomic E-state index is 1.02. The van der Waals surface area contributed by atoms with Gasteiger partial charge < -0.3 is 10.2 Å². The van der Waals surface area contributed by atoms with E-state index in [1.54, 1.807) is 0 Å². The Labute approximate surface area is 118 Å². The van der Waals surface area contributed by atoms with E-state index in [2.05, 4.69) is 41.4 Å². The predicted molar refractivity (Wildman–Crippen MR) is 82.4 cm³/mol. The molecule has 0 unspecified atom stereocenters. The minimum Gasteiger partial charge on any atom is -0.313 e. The molecule has 0 bridgehead atoms. The van der Waals surface area contributed by atoms with Crippen molar-refractivity contribution in [3.05, 3.63) is 35.4 Å². The Kier molecular flexibility index (Phi) is 6.38. The quantitative estimate of drug-likeness (QED) is 0.757. The normalized spacial score (nSPS) is 16.7. The predicted octanol–water partition coefficient (Wildman–Crippen LogP) is 3.21. The summed E-state index contributed by atoms with van der Waals surface area (Å²) in [5, 5.41) is 3.59. The number of aryl methyl sites for hydroxylation is 1. The molecule has 1 saturated heterocycles. The van der Waals surface area contributed by atoms with E-state index in [4.69, 9.17) is 0 Å². The van der Waals surface area contributed by atoms with Gasteiger partial charge in [0, 0.05) is 6.54 Å². The van der Waals surface area contributed by atoms with Gasteiger partial charge in [-0.05, 0) is 63.0 Å². The van der Waals surface area contributed by atoms with Crippen molar-refractivity contribution in [3.8, 4) is 0 Å². The molecular weight excluding hydrogens is 232 g/mol. The molecular formula is C17H28N2. The third kappa shape index (κ3) is 4.96. The lowest BCUT2D eigenvalue weighted by Crippen LogP contribution is -2.32. The number of benzene rings is 1. The molecule has 19 heavy (non-hydrogen) atoms. The fraction of sp³-hybridized carbons (Fsp3) is 0.647. The lowest BCUT2D eigenvalue weighted by molar-refractivity contribution is 0.225. The highest BCUT2D eigenvalue weighted by molar-refractivity contribution is 5.26. The molecule has 2 nitrogen and oxygen atoms in total. The second kappa shape index (κ2) is 8.34. The van der Waals surface area contributed by atoms with Crippen LogP contribution in [0.25, 0.3) is 0 Å². The molecule has 0 atom stereocenters. The van der Waals surface area contributed by atoms with Crippen molar-refractivity contribution in [2.24, 2.45) is 0 Å². The minimum absolute atomic E-state index is 1.02. The van der Waals surface area contributed by atoms with Gasteiger partial charge in [0.1, 0.15) is 0 Å². The molecule has 1 aliphatic heterocycles. The van der Waals surface area contributed by atoms with Crippen LogP contribution in [0.4, 0.5) is 0 Å². The fourth-order valence-electron chi connectivity index (χ4n) is 2.91. The standard InChI is InChI=1S/C17H28N2/c1-2-16-9-4-5-10-17(16)15-18-11-8-14-19-12-6-3-7-13-19/h4-5,9-10,18H,2-3,6-8,11-15H2,1H3. The molecule has 1 aliphatic rings. The molecule has 1 fully saturated rings. The highest BCUT2D eigenvalue weighted by atomic mass is 15.1. The summed E-state index contributed by atoms with van der Waals surface area (Å²) < 4.78 is 0. The number of hydrogen-bond acceptors (Lipinski definition) is 2. The van der Waals surface area contributed by atoms with Gasteiger partial charge in [-0.15, -0.1) is 0 Å². The number of rotatable bonds is 7. The van der Waals surface area contributed by atoms with Crippen LogP contribution in [0.2, 0.25) is 0 Å². The van der Waals surface area contributed by atoms with E-state index in [1.165, 1.54) is 56.4 Å². The summed E-state index contributed by atoms with van der Waals surface area (Å²) in [6.07, 6.45) is 6.64. The number of likely N-dealkylation sites (tertiary alicyclic amines) is 1. The molecule has 2 heteroatoms. The fourth-order valence-corrected chi connectivity index (χ4v) is 2.91. The summed E-state index contributed by atoms with van der Waals surface area (Å²) in [7, 11) is 0. The highest BCUT2D eigenvalue weighted by Gasteiger charge is 2.08. The summed E-state index contributed by atoms with van der Waals surface area (Å²) in [5.41, 5.74) is 2.94. The smallest absolute Gasteiger partial charge is 0.0208 e. The Morgan fingerprint density at radius 2 is 1.79 bits per heavy atom. The van der Waals surface area contributed by atoms with Crippen LogP contribution in [0, 0.1) is 0 Å². The molecule has 1 aromatic rings. The first kappa shape index (κ1) is 14.5. The lowest BCUT2D eigenvalue weighted by Gasteiger charge is -2.26. The van der Waals surface area contributed by atoms with E-state index < -0.39 is 0 Å². The van der Waals surface area contributed by atoms with Crippen LogP contribution in [0.15, 0.2) is 24.3 Å². The van der Waals surface area contributed by atoms with E-state index >= 15 is 0 Å². The van der Waals surface area contributed by atoms with Gasteiger partial charge in [-0.2, -0.15) is 0 Å². The van der Waals surface area contributed by atoms with Gasteiger partial charge in [-0.3, -0.25) is 0 Å². The van der Waals surface area contributed by atoms with Crippen LogP contribution in [0.5, 0.6) is 0 Å². The number of nitrogens with one attached hydrogen (secondary N) is 1. The monoisotopic (exact) mass is 260 g/mol. The van der Waals surface area contributed by atoms with E-state index in [9.17, 15) is 0 Å². The van der Waals surface area contributed by atoms with Crippen molar-refractivity contribution in [1.82, 2.24) is 10.2 Å². The first-order chi connectivity index (χ1) is 9.40. The SMILES string of the molecule is CCc1ccccc1CNCCCN1CCCCC1. The highest BCUT2D eigenvalue weighted by Crippen LogP contribution is 2.10. The number of nitrogens with zero attached hydrogens (tertiary/aromatic N) is 1. The Bertz CT molecular complexity index is 356. The zero-order valence-corrected chi connectivity index (χ0v) is 12.3. The lowest BCUT2D eigenvalue weighted by atomic mass is 10.1. The Morgan fingerprint density at radius 3 is 2.53 bits per heavy atom. The van der Waals surface area contributed by atoms with Crippen LogP contribution in [0.3, 0.4) is 0 Å². The zero-order valence-electron chi connectivity index (χ0n) is 12.3. The van der Waals surface area contributed by atoms with Gasteiger partial charge in [-0.25, -0.2) is 0 Å². The average molecular weight is 260 g/mol. The third-order valence-corrected chi connectivity index (χ3v) is 4.09. The molecule has 0 radical (unpaired) electrons. The second-order valence-corrected chi connectivity index (χ2v) is 5.55. The largest absolute Gasteiger partial charge is 0.313 e. The summed E-state index contributed by atoms with van der Waals surface area (Å²) >= 11 is 0. The number of hydrogen-bond donors (Lipinski definition) is 1. The Morgan fingerprint density at radius 1 is 1.05 bits per heavy atom. The summed E-state index contributed by atoms with van der Waals surface area (Å²) in [5.74, 6) is 0. The molecule has 1 N–H and O–H groups in total. The van der Waals surface area contributed by atoms with Gasteiger partial charge >= 0.3 is 0 Å².